The van der Waals surface area contributed by atoms with Crippen LogP contribution in [0.4, 0.5) is 0 Å². The molecule has 0 N–H and O–H groups in total. The second kappa shape index (κ2) is 12.2. The molecule has 0 amide bonds. The molecule has 0 aliphatic rings. The second-order valence-corrected chi connectivity index (χ2v) is 15.3. The van der Waals surface area contributed by atoms with Gasteiger partial charge in [0, 0.05) is 10.8 Å². The molecule has 0 fully saturated rings. The van der Waals surface area contributed by atoms with Crippen LogP contribution < -0.4 is 0 Å². The summed E-state index contributed by atoms with van der Waals surface area (Å²) in [6.45, 7) is 15.9. The zero-order valence-corrected chi connectivity index (χ0v) is 30.1. The van der Waals surface area contributed by atoms with E-state index in [4.69, 9.17) is 9.40 Å². The van der Waals surface area contributed by atoms with Crippen molar-refractivity contribution < 1.29 is 4.42 Å². The Balaban J connectivity index is 1.36. The molecular formula is C47H44N2O. The molecule has 2 heterocycles. The topological polar surface area (TPSA) is 31.0 Å². The molecule has 8 aromatic rings. The minimum atomic E-state index is 0.115. The van der Waals surface area contributed by atoms with Crippen LogP contribution in [0.15, 0.2) is 132 Å². The molecule has 2 aromatic heterocycles. The fourth-order valence-electron chi connectivity index (χ4n) is 7.37. The average Bonchev–Trinajstić information content (AvgIpc) is 3.69. The molecular weight excluding hydrogens is 609 g/mol. The van der Waals surface area contributed by atoms with Gasteiger partial charge in [-0.1, -0.05) is 133 Å². The number of benzene rings is 6. The van der Waals surface area contributed by atoms with E-state index < -0.39 is 0 Å². The molecule has 0 aliphatic carbocycles. The molecule has 0 unspecified atom stereocenters. The first-order valence-corrected chi connectivity index (χ1v) is 17.9. The maximum Gasteiger partial charge on any atom is 0.149 e. The van der Waals surface area contributed by atoms with Crippen molar-refractivity contribution in [2.45, 2.75) is 65.7 Å². The van der Waals surface area contributed by atoms with Gasteiger partial charge in [-0.15, -0.1) is 0 Å². The second-order valence-electron chi connectivity index (χ2n) is 15.3. The van der Waals surface area contributed by atoms with Gasteiger partial charge >= 0.3 is 0 Å². The van der Waals surface area contributed by atoms with Crippen molar-refractivity contribution in [1.82, 2.24) is 9.55 Å². The van der Waals surface area contributed by atoms with Crippen LogP contribution in [0.3, 0.4) is 0 Å². The number of nitrogens with zero attached hydrogens (tertiary/aromatic N) is 2. The van der Waals surface area contributed by atoms with E-state index >= 15 is 0 Å². The van der Waals surface area contributed by atoms with E-state index in [-0.39, 0.29) is 17.3 Å². The van der Waals surface area contributed by atoms with Gasteiger partial charge in [-0.2, -0.15) is 0 Å². The van der Waals surface area contributed by atoms with E-state index in [0.29, 0.717) is 0 Å². The molecule has 0 saturated heterocycles. The van der Waals surface area contributed by atoms with E-state index in [0.717, 1.165) is 49.9 Å². The van der Waals surface area contributed by atoms with Crippen molar-refractivity contribution in [1.29, 1.82) is 0 Å². The summed E-state index contributed by atoms with van der Waals surface area (Å²) in [6.07, 6.45) is 0. The lowest BCUT2D eigenvalue weighted by Crippen LogP contribution is -2.10. The van der Waals surface area contributed by atoms with E-state index in [1.54, 1.807) is 0 Å². The number of imidazole rings is 1. The van der Waals surface area contributed by atoms with Crippen molar-refractivity contribution in [3.63, 3.8) is 0 Å². The minimum Gasteiger partial charge on any atom is -0.455 e. The molecule has 0 saturated carbocycles. The van der Waals surface area contributed by atoms with Crippen LogP contribution in [0.2, 0.25) is 0 Å². The molecule has 8 rings (SSSR count). The summed E-state index contributed by atoms with van der Waals surface area (Å²) in [7, 11) is 0. The minimum absolute atomic E-state index is 0.115. The molecule has 3 nitrogen and oxygen atoms in total. The van der Waals surface area contributed by atoms with Gasteiger partial charge < -0.3 is 4.42 Å². The molecule has 0 aliphatic heterocycles. The highest BCUT2D eigenvalue weighted by atomic mass is 16.3. The Morgan fingerprint density at radius 3 is 1.90 bits per heavy atom. The maximum atomic E-state index is 6.84. The van der Waals surface area contributed by atoms with Crippen LogP contribution in [-0.2, 0) is 5.41 Å². The number of fused-ring (bicyclic) bond motifs is 4. The fourth-order valence-corrected chi connectivity index (χ4v) is 7.37. The zero-order valence-electron chi connectivity index (χ0n) is 30.1. The van der Waals surface area contributed by atoms with E-state index in [1.165, 1.54) is 39.1 Å². The highest BCUT2D eigenvalue weighted by Gasteiger charge is 2.25. The average molecular weight is 653 g/mol. The lowest BCUT2D eigenvalue weighted by Gasteiger charge is -2.24. The molecule has 3 heteroatoms. The summed E-state index contributed by atoms with van der Waals surface area (Å²) >= 11 is 0. The number of rotatable bonds is 6. The SMILES string of the molecule is CC(C)c1cc(-c2ccccc2)cc(C(C)C)c1-n1c(-c2cccc3c2oc2cc(-c4ccc(C(C)(C)C)cc4)ccc23)nc2ccccc21. The van der Waals surface area contributed by atoms with E-state index in [9.17, 15) is 0 Å². The van der Waals surface area contributed by atoms with Gasteiger partial charge in [0.2, 0.25) is 0 Å². The summed E-state index contributed by atoms with van der Waals surface area (Å²) in [5, 5.41) is 2.20. The zero-order chi connectivity index (χ0) is 34.7. The number of furan rings is 1. The van der Waals surface area contributed by atoms with Crippen molar-refractivity contribution >= 4 is 33.0 Å². The van der Waals surface area contributed by atoms with Gasteiger partial charge in [-0.25, -0.2) is 4.98 Å². The smallest absolute Gasteiger partial charge is 0.149 e. The number of hydrogen-bond acceptors (Lipinski definition) is 2. The quantitative estimate of drug-likeness (QED) is 0.179. The summed E-state index contributed by atoms with van der Waals surface area (Å²) in [4.78, 5) is 5.36. The Hall–Kier alpha value is -5.41. The monoisotopic (exact) mass is 652 g/mol. The Kier molecular flexibility index (Phi) is 7.75. The fraction of sp³-hybridized carbons (Fsp3) is 0.213. The van der Waals surface area contributed by atoms with Gasteiger partial charge in [-0.3, -0.25) is 4.57 Å². The highest BCUT2D eigenvalue weighted by Crippen LogP contribution is 2.43. The third-order valence-electron chi connectivity index (χ3n) is 10.1. The van der Waals surface area contributed by atoms with Gasteiger partial charge in [0.25, 0.3) is 0 Å². The largest absolute Gasteiger partial charge is 0.455 e. The maximum absolute atomic E-state index is 6.84. The molecule has 0 atom stereocenters. The highest BCUT2D eigenvalue weighted by molar-refractivity contribution is 6.10. The lowest BCUT2D eigenvalue weighted by atomic mass is 9.86. The summed E-state index contributed by atoms with van der Waals surface area (Å²) < 4.78 is 9.25. The number of para-hydroxylation sites is 3. The van der Waals surface area contributed by atoms with Crippen molar-refractivity contribution in [3.8, 4) is 39.3 Å². The molecule has 6 aromatic carbocycles. The first kappa shape index (κ1) is 31.8. The number of hydrogen-bond donors (Lipinski definition) is 0. The molecule has 0 bridgehead atoms. The Labute approximate surface area is 295 Å². The van der Waals surface area contributed by atoms with Crippen LogP contribution in [-0.4, -0.2) is 9.55 Å². The number of aromatic nitrogens is 2. The third-order valence-corrected chi connectivity index (χ3v) is 10.1. The molecule has 0 radical (unpaired) electrons. The van der Waals surface area contributed by atoms with E-state index in [2.05, 4.69) is 180 Å². The predicted octanol–water partition coefficient (Wildman–Crippen LogP) is 13.5. The van der Waals surface area contributed by atoms with Gasteiger partial charge in [0.1, 0.15) is 17.0 Å². The molecule has 0 spiro atoms. The van der Waals surface area contributed by atoms with Gasteiger partial charge in [0.05, 0.1) is 22.3 Å². The van der Waals surface area contributed by atoms with Crippen molar-refractivity contribution in [2.24, 2.45) is 0 Å². The van der Waals surface area contributed by atoms with Crippen LogP contribution in [0, 0.1) is 0 Å². The standard InChI is InChI=1S/C47H44N2O/c1-29(2)39-26-34(31-14-9-8-10-15-31)27-40(30(3)4)44(39)49-42-19-12-11-18-41(42)48-46(49)38-17-13-16-37-36-25-22-33(28-43(36)50-45(37)38)32-20-23-35(24-21-32)47(5,6)7/h8-30H,1-7H3. The lowest BCUT2D eigenvalue weighted by molar-refractivity contribution is 0.590. The van der Waals surface area contributed by atoms with Crippen LogP contribution in [0.1, 0.15) is 77.0 Å². The Morgan fingerprint density at radius 2 is 1.22 bits per heavy atom. The summed E-state index contributed by atoms with van der Waals surface area (Å²) in [6, 6.07) is 46.0. The molecule has 248 valence electrons. The van der Waals surface area contributed by atoms with Gasteiger partial charge in [-0.05, 0) is 98.7 Å². The first-order valence-electron chi connectivity index (χ1n) is 17.9. The summed E-state index contributed by atoms with van der Waals surface area (Å²) in [5.41, 5.74) is 14.9. The van der Waals surface area contributed by atoms with Crippen LogP contribution >= 0.6 is 0 Å². The van der Waals surface area contributed by atoms with Crippen molar-refractivity contribution in [2.75, 3.05) is 0 Å². The third kappa shape index (κ3) is 5.42. The van der Waals surface area contributed by atoms with E-state index in [1.807, 2.05) is 0 Å². The Bertz CT molecular complexity index is 2480. The van der Waals surface area contributed by atoms with Crippen LogP contribution in [0.5, 0.6) is 0 Å². The summed E-state index contributed by atoms with van der Waals surface area (Å²) in [5.74, 6) is 1.47. The van der Waals surface area contributed by atoms with Crippen molar-refractivity contribution in [3.05, 3.63) is 144 Å². The van der Waals surface area contributed by atoms with Gasteiger partial charge in [0.15, 0.2) is 0 Å². The normalized spacial score (nSPS) is 12.3. The molecule has 50 heavy (non-hydrogen) atoms. The first-order chi connectivity index (χ1) is 24.1. The van der Waals surface area contributed by atoms with Crippen LogP contribution in [0.25, 0.3) is 72.3 Å². The Morgan fingerprint density at radius 1 is 0.580 bits per heavy atom. The predicted molar refractivity (Wildman–Crippen MR) is 212 cm³/mol.